The SMILES string of the molecule is COc1ccc(Cl)cc1-n1nc(C(F)(F)F)cc1I. The van der Waals surface area contributed by atoms with E-state index in [0.717, 1.165) is 10.7 Å². The molecule has 0 aliphatic rings. The van der Waals surface area contributed by atoms with Crippen molar-refractivity contribution in [2.75, 3.05) is 7.11 Å². The van der Waals surface area contributed by atoms with Crippen LogP contribution in [-0.2, 0) is 6.18 Å². The molecule has 0 atom stereocenters. The number of ether oxygens (including phenoxy) is 1. The van der Waals surface area contributed by atoms with Crippen LogP contribution in [-0.4, -0.2) is 16.9 Å². The minimum absolute atomic E-state index is 0.311. The van der Waals surface area contributed by atoms with Gasteiger partial charge in [-0.3, -0.25) is 0 Å². The molecule has 0 unspecified atom stereocenters. The molecule has 0 radical (unpaired) electrons. The van der Waals surface area contributed by atoms with Crippen molar-refractivity contribution >= 4 is 34.2 Å². The molecule has 2 rings (SSSR count). The van der Waals surface area contributed by atoms with Gasteiger partial charge in [0.1, 0.15) is 15.1 Å². The molecule has 0 aliphatic heterocycles. The largest absolute Gasteiger partial charge is 0.494 e. The Morgan fingerprint density at radius 3 is 2.53 bits per heavy atom. The van der Waals surface area contributed by atoms with E-state index in [1.165, 1.54) is 13.2 Å². The highest BCUT2D eigenvalue weighted by molar-refractivity contribution is 14.1. The van der Waals surface area contributed by atoms with Gasteiger partial charge in [0.05, 0.1) is 7.11 Å². The summed E-state index contributed by atoms with van der Waals surface area (Å²) in [4.78, 5) is 0. The lowest BCUT2D eigenvalue weighted by Crippen LogP contribution is -2.08. The van der Waals surface area contributed by atoms with Crippen LogP contribution in [0.4, 0.5) is 13.2 Å². The fourth-order valence-electron chi connectivity index (χ4n) is 1.49. The zero-order valence-corrected chi connectivity index (χ0v) is 12.4. The highest BCUT2D eigenvalue weighted by Crippen LogP contribution is 2.32. The monoisotopic (exact) mass is 402 g/mol. The molecule has 0 saturated heterocycles. The zero-order valence-electron chi connectivity index (χ0n) is 9.50. The van der Waals surface area contributed by atoms with Gasteiger partial charge in [0.2, 0.25) is 0 Å². The zero-order chi connectivity index (χ0) is 14.2. The maximum Gasteiger partial charge on any atom is 0.435 e. The highest BCUT2D eigenvalue weighted by atomic mass is 127. The van der Waals surface area contributed by atoms with Gasteiger partial charge in [-0.05, 0) is 40.8 Å². The van der Waals surface area contributed by atoms with E-state index in [2.05, 4.69) is 5.10 Å². The number of nitrogens with zero attached hydrogens (tertiary/aromatic N) is 2. The first-order valence-electron chi connectivity index (χ1n) is 4.99. The molecule has 2 aromatic rings. The number of aromatic nitrogens is 2. The molecule has 102 valence electrons. The Hall–Kier alpha value is -0.960. The van der Waals surface area contributed by atoms with Gasteiger partial charge in [0, 0.05) is 11.1 Å². The minimum atomic E-state index is -4.49. The molecule has 1 aromatic carbocycles. The van der Waals surface area contributed by atoms with Crippen molar-refractivity contribution in [1.82, 2.24) is 9.78 Å². The maximum atomic E-state index is 12.6. The molecule has 8 heteroatoms. The van der Waals surface area contributed by atoms with Gasteiger partial charge in [-0.25, -0.2) is 4.68 Å². The first-order valence-corrected chi connectivity index (χ1v) is 6.45. The number of hydrogen-bond acceptors (Lipinski definition) is 2. The van der Waals surface area contributed by atoms with Crippen LogP contribution in [0.3, 0.4) is 0 Å². The van der Waals surface area contributed by atoms with E-state index in [0.29, 0.717) is 20.2 Å². The second-order valence-corrected chi connectivity index (χ2v) is 5.12. The van der Waals surface area contributed by atoms with Crippen LogP contribution in [0.15, 0.2) is 24.3 Å². The van der Waals surface area contributed by atoms with Gasteiger partial charge in [0.15, 0.2) is 5.69 Å². The van der Waals surface area contributed by atoms with Gasteiger partial charge in [-0.1, -0.05) is 11.6 Å². The molecular weight excluding hydrogens is 395 g/mol. The molecule has 1 aromatic heterocycles. The fourth-order valence-corrected chi connectivity index (χ4v) is 2.32. The molecule has 0 saturated carbocycles. The van der Waals surface area contributed by atoms with Crippen LogP contribution in [0.25, 0.3) is 5.69 Å². The van der Waals surface area contributed by atoms with Gasteiger partial charge in [0.25, 0.3) is 0 Å². The number of hydrogen-bond donors (Lipinski definition) is 0. The maximum absolute atomic E-state index is 12.6. The highest BCUT2D eigenvalue weighted by Gasteiger charge is 2.35. The summed E-state index contributed by atoms with van der Waals surface area (Å²) in [6.45, 7) is 0. The molecule has 19 heavy (non-hydrogen) atoms. The summed E-state index contributed by atoms with van der Waals surface area (Å²) >= 11 is 7.62. The minimum Gasteiger partial charge on any atom is -0.494 e. The lowest BCUT2D eigenvalue weighted by atomic mass is 10.3. The first-order chi connectivity index (χ1) is 8.82. The average molecular weight is 403 g/mol. The Balaban J connectivity index is 2.59. The number of alkyl halides is 3. The fraction of sp³-hybridized carbons (Fsp3) is 0.182. The molecule has 3 nitrogen and oxygen atoms in total. The van der Waals surface area contributed by atoms with E-state index >= 15 is 0 Å². The van der Waals surface area contributed by atoms with Crippen molar-refractivity contribution < 1.29 is 17.9 Å². The summed E-state index contributed by atoms with van der Waals surface area (Å²) in [5.41, 5.74) is -0.603. The Bertz CT molecular complexity index is 612. The van der Waals surface area contributed by atoms with E-state index in [1.807, 2.05) is 0 Å². The standard InChI is InChI=1S/C11H7ClF3IN2O/c1-19-8-3-2-6(12)4-7(8)18-10(16)5-9(17-18)11(13,14)15/h2-5H,1H3. The molecule has 0 fully saturated rings. The second kappa shape index (κ2) is 5.20. The summed E-state index contributed by atoms with van der Waals surface area (Å²) in [6.07, 6.45) is -4.49. The van der Waals surface area contributed by atoms with Crippen molar-refractivity contribution in [3.63, 3.8) is 0 Å². The number of methoxy groups -OCH3 is 1. The summed E-state index contributed by atoms with van der Waals surface area (Å²) < 4.78 is 44.4. The van der Waals surface area contributed by atoms with E-state index < -0.39 is 11.9 Å². The number of halogens is 5. The van der Waals surface area contributed by atoms with Gasteiger partial charge in [-0.15, -0.1) is 0 Å². The van der Waals surface area contributed by atoms with Crippen molar-refractivity contribution in [3.8, 4) is 11.4 Å². The van der Waals surface area contributed by atoms with E-state index in [1.54, 1.807) is 34.7 Å². The van der Waals surface area contributed by atoms with Gasteiger partial charge in [-0.2, -0.15) is 18.3 Å². The normalized spacial score (nSPS) is 11.7. The van der Waals surface area contributed by atoms with Crippen LogP contribution in [0.5, 0.6) is 5.75 Å². The molecule has 0 spiro atoms. The first kappa shape index (κ1) is 14.4. The van der Waals surface area contributed by atoms with Crippen molar-refractivity contribution in [2.24, 2.45) is 0 Å². The Labute approximate surface area is 125 Å². The molecule has 0 bridgehead atoms. The Morgan fingerprint density at radius 1 is 1.32 bits per heavy atom. The Morgan fingerprint density at radius 2 is 2.00 bits per heavy atom. The quantitative estimate of drug-likeness (QED) is 0.706. The predicted octanol–water partition coefficient (Wildman–Crippen LogP) is 4.16. The van der Waals surface area contributed by atoms with Gasteiger partial charge >= 0.3 is 6.18 Å². The molecule has 0 aliphatic carbocycles. The molecule has 0 amide bonds. The van der Waals surface area contributed by atoms with Crippen LogP contribution in [0.1, 0.15) is 5.69 Å². The summed E-state index contributed by atoms with van der Waals surface area (Å²) in [6, 6.07) is 5.62. The van der Waals surface area contributed by atoms with E-state index in [-0.39, 0.29) is 0 Å². The third kappa shape index (κ3) is 2.97. The lowest BCUT2D eigenvalue weighted by molar-refractivity contribution is -0.141. The third-order valence-corrected chi connectivity index (χ3v) is 3.33. The van der Waals surface area contributed by atoms with Crippen LogP contribution >= 0.6 is 34.2 Å². The van der Waals surface area contributed by atoms with Gasteiger partial charge < -0.3 is 4.74 Å². The van der Waals surface area contributed by atoms with E-state index in [9.17, 15) is 13.2 Å². The van der Waals surface area contributed by atoms with Crippen molar-refractivity contribution in [1.29, 1.82) is 0 Å². The Kier molecular flexibility index (Phi) is 3.95. The smallest absolute Gasteiger partial charge is 0.435 e. The average Bonchev–Trinajstić information content (AvgIpc) is 2.71. The summed E-state index contributed by atoms with van der Waals surface area (Å²) in [5, 5.41) is 3.93. The van der Waals surface area contributed by atoms with Crippen LogP contribution < -0.4 is 4.74 Å². The lowest BCUT2D eigenvalue weighted by Gasteiger charge is -2.10. The predicted molar refractivity (Wildman–Crippen MR) is 72.8 cm³/mol. The van der Waals surface area contributed by atoms with Crippen LogP contribution in [0, 0.1) is 3.70 Å². The second-order valence-electron chi connectivity index (χ2n) is 3.58. The summed E-state index contributed by atoms with van der Waals surface area (Å²) in [5.74, 6) is 0.388. The van der Waals surface area contributed by atoms with E-state index in [4.69, 9.17) is 16.3 Å². The third-order valence-electron chi connectivity index (χ3n) is 2.33. The molecular formula is C11H7ClF3IN2O. The topological polar surface area (TPSA) is 27.1 Å². The number of rotatable bonds is 2. The summed E-state index contributed by atoms with van der Waals surface area (Å²) in [7, 11) is 1.42. The van der Waals surface area contributed by atoms with Crippen molar-refractivity contribution in [2.45, 2.75) is 6.18 Å². The molecule has 1 heterocycles. The molecule has 0 N–H and O–H groups in total. The van der Waals surface area contributed by atoms with Crippen LogP contribution in [0.2, 0.25) is 5.02 Å². The number of benzene rings is 1. The van der Waals surface area contributed by atoms with Crippen molar-refractivity contribution in [3.05, 3.63) is 38.7 Å².